The quantitative estimate of drug-likeness (QED) is 0.401. The fourth-order valence-corrected chi connectivity index (χ4v) is 1.47. The van der Waals surface area contributed by atoms with Gasteiger partial charge in [-0.05, 0) is 13.3 Å². The molecule has 5 nitrogen and oxygen atoms in total. The molecule has 0 heterocycles. The minimum Gasteiger partial charge on any atom is -0.466 e. The smallest absolute Gasteiger partial charge is 0.307 e. The summed E-state index contributed by atoms with van der Waals surface area (Å²) in [6.45, 7) is 6.14. The predicted molar refractivity (Wildman–Crippen MR) is 66.1 cm³/mol. The Balaban J connectivity index is 3.78. The van der Waals surface area contributed by atoms with Crippen LogP contribution in [0.2, 0.25) is 0 Å². The molecule has 0 atom stereocenters. The van der Waals surface area contributed by atoms with Crippen LogP contribution >= 0.6 is 0 Å². The monoisotopic (exact) mass is 247 g/mol. The molecular formula is C12H25NO4. The maximum atomic E-state index is 11.2. The normalized spacial score (nSPS) is 10.8. The lowest BCUT2D eigenvalue weighted by Crippen LogP contribution is -2.31. The second kappa shape index (κ2) is 11.8. The zero-order valence-corrected chi connectivity index (χ0v) is 11.2. The van der Waals surface area contributed by atoms with Gasteiger partial charge in [-0.2, -0.15) is 0 Å². The maximum absolute atomic E-state index is 11.2. The van der Waals surface area contributed by atoms with E-state index in [-0.39, 0.29) is 5.97 Å². The molecule has 102 valence electrons. The number of carbonyl (C=O) groups is 1. The van der Waals surface area contributed by atoms with Crippen LogP contribution in [-0.2, 0) is 19.0 Å². The summed E-state index contributed by atoms with van der Waals surface area (Å²) < 4.78 is 15.0. The van der Waals surface area contributed by atoms with E-state index in [0.717, 1.165) is 26.1 Å². The van der Waals surface area contributed by atoms with Crippen molar-refractivity contribution in [1.82, 2.24) is 4.90 Å². The van der Waals surface area contributed by atoms with Crippen molar-refractivity contribution in [2.45, 2.75) is 19.8 Å². The Hall–Kier alpha value is -0.650. The van der Waals surface area contributed by atoms with E-state index in [1.54, 1.807) is 14.2 Å². The van der Waals surface area contributed by atoms with Gasteiger partial charge >= 0.3 is 5.97 Å². The first-order valence-electron chi connectivity index (χ1n) is 6.10. The Morgan fingerprint density at radius 3 is 2.35 bits per heavy atom. The topological polar surface area (TPSA) is 48.0 Å². The lowest BCUT2D eigenvalue weighted by atomic mass is 10.3. The summed E-state index contributed by atoms with van der Waals surface area (Å²) in [5.74, 6) is -0.137. The summed E-state index contributed by atoms with van der Waals surface area (Å²) in [6.07, 6.45) is 1.40. The molecule has 0 aromatic carbocycles. The van der Waals surface area contributed by atoms with Gasteiger partial charge in [-0.15, -0.1) is 0 Å². The van der Waals surface area contributed by atoms with E-state index in [1.807, 2.05) is 6.92 Å². The summed E-state index contributed by atoms with van der Waals surface area (Å²) in [6, 6.07) is 0. The van der Waals surface area contributed by atoms with Crippen molar-refractivity contribution < 1.29 is 19.0 Å². The number of rotatable bonds is 11. The third-order valence-electron chi connectivity index (χ3n) is 2.37. The Kier molecular flexibility index (Phi) is 11.4. The van der Waals surface area contributed by atoms with Crippen LogP contribution in [0, 0.1) is 0 Å². The summed E-state index contributed by atoms with van der Waals surface area (Å²) in [4.78, 5) is 13.4. The van der Waals surface area contributed by atoms with E-state index >= 15 is 0 Å². The van der Waals surface area contributed by atoms with Crippen molar-refractivity contribution in [3.63, 3.8) is 0 Å². The van der Waals surface area contributed by atoms with Gasteiger partial charge in [0.2, 0.25) is 0 Å². The molecular weight excluding hydrogens is 222 g/mol. The number of methoxy groups -OCH3 is 2. The average Bonchev–Trinajstić information content (AvgIpc) is 2.32. The fourth-order valence-electron chi connectivity index (χ4n) is 1.47. The second-order valence-corrected chi connectivity index (χ2v) is 3.74. The largest absolute Gasteiger partial charge is 0.466 e. The van der Waals surface area contributed by atoms with E-state index in [0.29, 0.717) is 26.2 Å². The Morgan fingerprint density at radius 1 is 1.06 bits per heavy atom. The van der Waals surface area contributed by atoms with Crippen molar-refractivity contribution in [3.8, 4) is 0 Å². The summed E-state index contributed by atoms with van der Waals surface area (Å²) in [7, 11) is 3.37. The van der Waals surface area contributed by atoms with E-state index in [9.17, 15) is 4.79 Å². The number of esters is 1. The molecule has 0 radical (unpaired) electrons. The SMILES string of the molecule is CCOC(=O)CCN(CCCOC)CCOC. The van der Waals surface area contributed by atoms with Gasteiger partial charge in [-0.25, -0.2) is 0 Å². The molecule has 0 aromatic rings. The molecule has 0 bridgehead atoms. The van der Waals surface area contributed by atoms with Crippen LogP contribution in [0.4, 0.5) is 0 Å². The van der Waals surface area contributed by atoms with E-state index in [2.05, 4.69) is 4.90 Å². The van der Waals surface area contributed by atoms with Crippen molar-refractivity contribution in [3.05, 3.63) is 0 Å². The second-order valence-electron chi connectivity index (χ2n) is 3.74. The lowest BCUT2D eigenvalue weighted by molar-refractivity contribution is -0.143. The van der Waals surface area contributed by atoms with Crippen molar-refractivity contribution in [2.24, 2.45) is 0 Å². The highest BCUT2D eigenvalue weighted by atomic mass is 16.5. The average molecular weight is 247 g/mol. The van der Waals surface area contributed by atoms with E-state index in [4.69, 9.17) is 14.2 Å². The molecule has 17 heavy (non-hydrogen) atoms. The first-order chi connectivity index (χ1) is 8.24. The number of nitrogens with zero attached hydrogens (tertiary/aromatic N) is 1. The van der Waals surface area contributed by atoms with Crippen molar-refractivity contribution in [2.75, 3.05) is 53.7 Å². The van der Waals surface area contributed by atoms with Gasteiger partial charge in [0.1, 0.15) is 0 Å². The highest BCUT2D eigenvalue weighted by molar-refractivity contribution is 5.69. The summed E-state index contributed by atoms with van der Waals surface area (Å²) >= 11 is 0. The molecule has 0 spiro atoms. The van der Waals surface area contributed by atoms with Gasteiger partial charge in [-0.3, -0.25) is 4.79 Å². The fraction of sp³-hybridized carbons (Fsp3) is 0.917. The first kappa shape index (κ1) is 16.4. The molecule has 0 N–H and O–H groups in total. The molecule has 0 saturated heterocycles. The van der Waals surface area contributed by atoms with Gasteiger partial charge in [0.25, 0.3) is 0 Å². The van der Waals surface area contributed by atoms with Crippen LogP contribution in [0.25, 0.3) is 0 Å². The van der Waals surface area contributed by atoms with Crippen molar-refractivity contribution in [1.29, 1.82) is 0 Å². The maximum Gasteiger partial charge on any atom is 0.307 e. The van der Waals surface area contributed by atoms with Gasteiger partial charge in [0, 0.05) is 40.5 Å². The Morgan fingerprint density at radius 2 is 1.76 bits per heavy atom. The molecule has 0 fully saturated rings. The first-order valence-corrected chi connectivity index (χ1v) is 6.10. The van der Waals surface area contributed by atoms with Crippen molar-refractivity contribution >= 4 is 5.97 Å². The standard InChI is InChI=1S/C12H25NO4/c1-4-17-12(14)6-8-13(9-11-16-3)7-5-10-15-2/h4-11H2,1-3H3. The van der Waals surface area contributed by atoms with Crippen LogP contribution in [0.5, 0.6) is 0 Å². The molecule has 0 aliphatic heterocycles. The minimum atomic E-state index is -0.137. The molecule has 0 aliphatic rings. The third-order valence-corrected chi connectivity index (χ3v) is 2.37. The number of ether oxygens (including phenoxy) is 3. The van der Waals surface area contributed by atoms with Crippen LogP contribution in [0.3, 0.4) is 0 Å². The molecule has 0 amide bonds. The summed E-state index contributed by atoms with van der Waals surface area (Å²) in [5, 5.41) is 0. The number of hydrogen-bond donors (Lipinski definition) is 0. The van der Waals surface area contributed by atoms with E-state index in [1.165, 1.54) is 0 Å². The Bertz CT molecular complexity index is 187. The Labute approximate surface area is 104 Å². The van der Waals surface area contributed by atoms with Crippen LogP contribution in [0.1, 0.15) is 19.8 Å². The van der Waals surface area contributed by atoms with Crippen LogP contribution < -0.4 is 0 Å². The van der Waals surface area contributed by atoms with E-state index < -0.39 is 0 Å². The van der Waals surface area contributed by atoms with Crippen LogP contribution in [-0.4, -0.2) is 64.5 Å². The van der Waals surface area contributed by atoms with Gasteiger partial charge in [0.15, 0.2) is 0 Å². The zero-order chi connectivity index (χ0) is 12.9. The molecule has 5 heteroatoms. The minimum absolute atomic E-state index is 0.137. The molecule has 0 aliphatic carbocycles. The lowest BCUT2D eigenvalue weighted by Gasteiger charge is -2.21. The molecule has 0 aromatic heterocycles. The zero-order valence-electron chi connectivity index (χ0n) is 11.2. The van der Waals surface area contributed by atoms with Gasteiger partial charge in [0.05, 0.1) is 19.6 Å². The number of carbonyl (C=O) groups excluding carboxylic acids is 1. The van der Waals surface area contributed by atoms with Crippen LogP contribution in [0.15, 0.2) is 0 Å². The molecule has 0 saturated carbocycles. The molecule has 0 rings (SSSR count). The number of hydrogen-bond acceptors (Lipinski definition) is 5. The van der Waals surface area contributed by atoms with Gasteiger partial charge < -0.3 is 19.1 Å². The molecule has 0 unspecified atom stereocenters. The highest BCUT2D eigenvalue weighted by Gasteiger charge is 2.08. The highest BCUT2D eigenvalue weighted by Crippen LogP contribution is 1.97. The van der Waals surface area contributed by atoms with Gasteiger partial charge in [-0.1, -0.05) is 0 Å². The third kappa shape index (κ3) is 10.2. The summed E-state index contributed by atoms with van der Waals surface area (Å²) in [5.41, 5.74) is 0. The predicted octanol–water partition coefficient (Wildman–Crippen LogP) is 0.925.